The lowest BCUT2D eigenvalue weighted by Crippen LogP contribution is -2.07. The van der Waals surface area contributed by atoms with Gasteiger partial charge in [0, 0.05) is 19.4 Å². The van der Waals surface area contributed by atoms with Crippen LogP contribution in [0.2, 0.25) is 0 Å². The molecule has 1 saturated carbocycles. The lowest BCUT2D eigenvalue weighted by molar-refractivity contribution is 0.891. The van der Waals surface area contributed by atoms with Gasteiger partial charge in [-0.3, -0.25) is 0 Å². The molecule has 0 atom stereocenters. The van der Waals surface area contributed by atoms with E-state index in [1.807, 2.05) is 13.1 Å². The molecule has 0 radical (unpaired) electrons. The van der Waals surface area contributed by atoms with Crippen LogP contribution in [-0.2, 0) is 6.42 Å². The Kier molecular flexibility index (Phi) is 3.68. The Morgan fingerprint density at radius 1 is 1.21 bits per heavy atom. The first-order valence-corrected chi connectivity index (χ1v) is 7.64. The second-order valence-corrected chi connectivity index (χ2v) is 5.95. The molecule has 2 aromatic rings. The molecule has 0 unspecified atom stereocenters. The largest absolute Gasteiger partial charge is 0.372 e. The maximum Gasteiger partial charge on any atom is 0.143 e. The lowest BCUT2D eigenvalue weighted by atomic mass is 10.1. The summed E-state index contributed by atoms with van der Waals surface area (Å²) in [7, 11) is 1.92. The van der Waals surface area contributed by atoms with E-state index in [9.17, 15) is 0 Å². The summed E-state index contributed by atoms with van der Waals surface area (Å²) in [6.45, 7) is 0. The first-order chi connectivity index (χ1) is 9.28. The van der Waals surface area contributed by atoms with Crippen LogP contribution < -0.4 is 5.32 Å². The number of hydrogen-bond donors (Lipinski definition) is 1. The molecule has 1 aliphatic rings. The molecule has 1 aliphatic carbocycles. The second kappa shape index (κ2) is 5.45. The molecule has 1 aromatic carbocycles. The number of anilines is 1. The highest BCUT2D eigenvalue weighted by Crippen LogP contribution is 2.42. The van der Waals surface area contributed by atoms with E-state index >= 15 is 0 Å². The van der Waals surface area contributed by atoms with E-state index in [0.717, 1.165) is 18.1 Å². The number of nitrogens with one attached hydrogen (secondary N) is 1. The molecule has 1 heterocycles. The van der Waals surface area contributed by atoms with Crippen LogP contribution in [0.5, 0.6) is 0 Å². The van der Waals surface area contributed by atoms with Crippen LogP contribution in [0.15, 0.2) is 30.3 Å². The van der Waals surface area contributed by atoms with E-state index in [1.54, 1.807) is 0 Å². The van der Waals surface area contributed by atoms with E-state index in [0.29, 0.717) is 5.92 Å². The molecule has 0 aliphatic heterocycles. The van der Waals surface area contributed by atoms with Crippen molar-refractivity contribution in [1.82, 2.24) is 9.97 Å². The molecule has 0 amide bonds. The summed E-state index contributed by atoms with van der Waals surface area (Å²) < 4.78 is 1.18. The lowest BCUT2D eigenvalue weighted by Gasteiger charge is -2.10. The van der Waals surface area contributed by atoms with Crippen LogP contribution in [0.1, 0.15) is 35.8 Å². The molecule has 4 heteroatoms. The summed E-state index contributed by atoms with van der Waals surface area (Å²) in [5.41, 5.74) is 2.48. The number of aromatic nitrogens is 2. The summed E-state index contributed by atoms with van der Waals surface area (Å²) in [4.78, 5) is 9.41. The van der Waals surface area contributed by atoms with Gasteiger partial charge in [0.1, 0.15) is 11.6 Å². The van der Waals surface area contributed by atoms with Crippen LogP contribution in [0.25, 0.3) is 0 Å². The predicted molar refractivity (Wildman–Crippen MR) is 85.5 cm³/mol. The normalized spacial score (nSPS) is 14.4. The number of rotatable bonds is 4. The van der Waals surface area contributed by atoms with Gasteiger partial charge in [-0.05, 0) is 41.0 Å². The average molecular weight is 365 g/mol. The van der Waals surface area contributed by atoms with E-state index < -0.39 is 0 Å². The van der Waals surface area contributed by atoms with Crippen molar-refractivity contribution >= 4 is 28.4 Å². The third kappa shape index (κ3) is 2.88. The summed E-state index contributed by atoms with van der Waals surface area (Å²) in [6.07, 6.45) is 3.33. The molecule has 0 spiro atoms. The van der Waals surface area contributed by atoms with Gasteiger partial charge in [-0.25, -0.2) is 9.97 Å². The highest BCUT2D eigenvalue weighted by molar-refractivity contribution is 14.1. The highest BCUT2D eigenvalue weighted by atomic mass is 127. The van der Waals surface area contributed by atoms with E-state index in [2.05, 4.69) is 57.2 Å². The molecule has 3 rings (SSSR count). The first kappa shape index (κ1) is 12.8. The fraction of sp³-hybridized carbons (Fsp3) is 0.333. The van der Waals surface area contributed by atoms with Gasteiger partial charge in [0.05, 0.1) is 9.26 Å². The molecule has 98 valence electrons. The van der Waals surface area contributed by atoms with Crippen molar-refractivity contribution in [2.45, 2.75) is 25.2 Å². The van der Waals surface area contributed by atoms with Crippen molar-refractivity contribution in [1.29, 1.82) is 0 Å². The molecular formula is C15H16IN3. The standard InChI is InChI=1S/C15H16IN3/c1-17-15-13(16)14(11-7-8-11)18-12(19-15)9-10-5-3-2-4-6-10/h2-6,11H,7-9H2,1H3,(H,17,18,19). The van der Waals surface area contributed by atoms with E-state index in [1.165, 1.54) is 27.7 Å². The predicted octanol–water partition coefficient (Wildman–Crippen LogP) is 3.59. The van der Waals surface area contributed by atoms with Crippen LogP contribution in [0.3, 0.4) is 0 Å². The third-order valence-corrected chi connectivity index (χ3v) is 4.39. The molecule has 1 aromatic heterocycles. The van der Waals surface area contributed by atoms with Gasteiger partial charge in [-0.15, -0.1) is 0 Å². The van der Waals surface area contributed by atoms with Crippen molar-refractivity contribution < 1.29 is 0 Å². The maximum atomic E-state index is 4.78. The number of benzene rings is 1. The second-order valence-electron chi connectivity index (χ2n) is 4.87. The minimum Gasteiger partial charge on any atom is -0.372 e. The molecule has 1 N–H and O–H groups in total. The van der Waals surface area contributed by atoms with Crippen molar-refractivity contribution in [2.24, 2.45) is 0 Å². The highest BCUT2D eigenvalue weighted by Gasteiger charge is 2.29. The van der Waals surface area contributed by atoms with Crippen molar-refractivity contribution in [3.05, 3.63) is 51.0 Å². The monoisotopic (exact) mass is 365 g/mol. The quantitative estimate of drug-likeness (QED) is 0.842. The van der Waals surface area contributed by atoms with Gasteiger partial charge >= 0.3 is 0 Å². The van der Waals surface area contributed by atoms with Crippen LogP contribution in [-0.4, -0.2) is 17.0 Å². The Hall–Kier alpha value is -1.17. The van der Waals surface area contributed by atoms with Crippen molar-refractivity contribution in [3.63, 3.8) is 0 Å². The van der Waals surface area contributed by atoms with Gasteiger partial charge in [0.2, 0.25) is 0 Å². The van der Waals surface area contributed by atoms with Crippen molar-refractivity contribution in [3.8, 4) is 0 Å². The average Bonchev–Trinajstić information content (AvgIpc) is 3.26. The topological polar surface area (TPSA) is 37.8 Å². The molecule has 19 heavy (non-hydrogen) atoms. The fourth-order valence-corrected chi connectivity index (χ4v) is 3.11. The minimum atomic E-state index is 0.650. The Labute approximate surface area is 127 Å². The molecule has 0 saturated heterocycles. The van der Waals surface area contributed by atoms with Gasteiger partial charge < -0.3 is 5.32 Å². The van der Waals surface area contributed by atoms with E-state index in [4.69, 9.17) is 4.98 Å². The summed E-state index contributed by atoms with van der Waals surface area (Å²) in [5, 5.41) is 3.19. The van der Waals surface area contributed by atoms with Gasteiger partial charge in [-0.1, -0.05) is 30.3 Å². The molecule has 0 bridgehead atoms. The summed E-state index contributed by atoms with van der Waals surface area (Å²) in [6, 6.07) is 10.4. The Morgan fingerprint density at radius 2 is 1.95 bits per heavy atom. The van der Waals surface area contributed by atoms with Crippen LogP contribution in [0, 0.1) is 3.57 Å². The Bertz CT molecular complexity index is 579. The minimum absolute atomic E-state index is 0.650. The smallest absolute Gasteiger partial charge is 0.143 e. The van der Waals surface area contributed by atoms with Crippen LogP contribution in [0.4, 0.5) is 5.82 Å². The molecule has 1 fully saturated rings. The fourth-order valence-electron chi connectivity index (χ4n) is 2.16. The summed E-state index contributed by atoms with van der Waals surface area (Å²) >= 11 is 2.36. The molecule has 3 nitrogen and oxygen atoms in total. The first-order valence-electron chi connectivity index (χ1n) is 6.56. The Morgan fingerprint density at radius 3 is 2.58 bits per heavy atom. The SMILES string of the molecule is CNc1nc(Cc2ccccc2)nc(C2CC2)c1I. The van der Waals surface area contributed by atoms with Gasteiger partial charge in [0.25, 0.3) is 0 Å². The van der Waals surface area contributed by atoms with E-state index in [-0.39, 0.29) is 0 Å². The zero-order chi connectivity index (χ0) is 13.2. The zero-order valence-electron chi connectivity index (χ0n) is 10.9. The number of hydrogen-bond acceptors (Lipinski definition) is 3. The van der Waals surface area contributed by atoms with Crippen LogP contribution >= 0.6 is 22.6 Å². The zero-order valence-corrected chi connectivity index (χ0v) is 13.0. The van der Waals surface area contributed by atoms with Gasteiger partial charge in [0.15, 0.2) is 0 Å². The molecular weight excluding hydrogens is 349 g/mol. The third-order valence-electron chi connectivity index (χ3n) is 3.33. The summed E-state index contributed by atoms with van der Waals surface area (Å²) in [5.74, 6) is 2.53. The maximum absolute atomic E-state index is 4.78. The van der Waals surface area contributed by atoms with Crippen molar-refractivity contribution in [2.75, 3.05) is 12.4 Å². The number of nitrogens with zero attached hydrogens (tertiary/aromatic N) is 2. The number of halogens is 1. The Balaban J connectivity index is 1.95. The van der Waals surface area contributed by atoms with Gasteiger partial charge in [-0.2, -0.15) is 0 Å².